The molecule has 0 saturated carbocycles. The third-order valence-corrected chi connectivity index (χ3v) is 2.38. The molecular formula is C14H22N2O. The van der Waals surface area contributed by atoms with E-state index in [1.807, 2.05) is 26.2 Å². The molecular weight excluding hydrogens is 212 g/mol. The fourth-order valence-electron chi connectivity index (χ4n) is 1.74. The lowest BCUT2D eigenvalue weighted by molar-refractivity contribution is -0.124. The van der Waals surface area contributed by atoms with Gasteiger partial charge in [-0.3, -0.25) is 10.2 Å². The van der Waals surface area contributed by atoms with Gasteiger partial charge < -0.3 is 0 Å². The number of rotatable bonds is 5. The summed E-state index contributed by atoms with van der Waals surface area (Å²) in [4.78, 5) is 11.5. The molecule has 0 spiro atoms. The van der Waals surface area contributed by atoms with Crippen LogP contribution in [0.2, 0.25) is 0 Å². The van der Waals surface area contributed by atoms with Crippen molar-refractivity contribution in [2.75, 3.05) is 14.1 Å². The van der Waals surface area contributed by atoms with Gasteiger partial charge in [-0.25, -0.2) is 5.01 Å². The number of carbonyl (C=O) groups excluding carboxylic acids is 1. The second-order valence-electron chi connectivity index (χ2n) is 5.02. The summed E-state index contributed by atoms with van der Waals surface area (Å²) in [5.74, 6) is 0.685. The normalized spacial score (nSPS) is 10.9. The molecule has 1 aromatic carbocycles. The number of nitrogens with zero attached hydrogens (tertiary/aromatic N) is 1. The second-order valence-corrected chi connectivity index (χ2v) is 5.02. The van der Waals surface area contributed by atoms with Gasteiger partial charge in [-0.2, -0.15) is 0 Å². The van der Waals surface area contributed by atoms with E-state index in [0.717, 1.165) is 12.0 Å². The molecule has 0 atom stereocenters. The third-order valence-electron chi connectivity index (χ3n) is 2.38. The van der Waals surface area contributed by atoms with Crippen LogP contribution in [0.4, 0.5) is 0 Å². The number of benzene rings is 1. The van der Waals surface area contributed by atoms with E-state index < -0.39 is 0 Å². The van der Waals surface area contributed by atoms with Crippen molar-refractivity contribution in [1.29, 1.82) is 0 Å². The van der Waals surface area contributed by atoms with Crippen LogP contribution in [-0.4, -0.2) is 25.0 Å². The minimum absolute atomic E-state index is 0.0200. The maximum Gasteiger partial charge on any atom is 0.238 e. The quantitative estimate of drug-likeness (QED) is 0.791. The number of nitrogens with one attached hydrogen (secondary N) is 1. The SMILES string of the molecule is CC(C)Cc1ccc(CC(=O)NN(C)C)cc1. The molecule has 0 aliphatic rings. The number of hydrogen-bond acceptors (Lipinski definition) is 2. The Balaban J connectivity index is 2.53. The minimum Gasteiger partial charge on any atom is -0.289 e. The highest BCUT2D eigenvalue weighted by Crippen LogP contribution is 2.10. The molecule has 0 unspecified atom stereocenters. The number of hydrazine groups is 1. The van der Waals surface area contributed by atoms with Crippen LogP contribution in [0, 0.1) is 5.92 Å². The summed E-state index contributed by atoms with van der Waals surface area (Å²) in [6.07, 6.45) is 1.52. The Hall–Kier alpha value is -1.35. The molecule has 94 valence electrons. The van der Waals surface area contributed by atoms with Gasteiger partial charge in [-0.05, 0) is 23.5 Å². The van der Waals surface area contributed by atoms with Crippen LogP contribution >= 0.6 is 0 Å². The topological polar surface area (TPSA) is 32.3 Å². The van der Waals surface area contributed by atoms with Gasteiger partial charge in [-0.15, -0.1) is 0 Å². The molecule has 0 heterocycles. The van der Waals surface area contributed by atoms with E-state index in [1.54, 1.807) is 5.01 Å². The van der Waals surface area contributed by atoms with Crippen LogP contribution in [0.3, 0.4) is 0 Å². The zero-order valence-corrected chi connectivity index (χ0v) is 11.2. The molecule has 1 rings (SSSR count). The Morgan fingerprint density at radius 3 is 2.18 bits per heavy atom. The maximum atomic E-state index is 11.5. The Kier molecular flexibility index (Phi) is 5.16. The summed E-state index contributed by atoms with van der Waals surface area (Å²) in [6, 6.07) is 8.29. The van der Waals surface area contributed by atoms with E-state index in [4.69, 9.17) is 0 Å². The molecule has 1 aromatic rings. The smallest absolute Gasteiger partial charge is 0.238 e. The second kappa shape index (κ2) is 6.40. The largest absolute Gasteiger partial charge is 0.289 e. The van der Waals surface area contributed by atoms with Crippen molar-refractivity contribution in [3.05, 3.63) is 35.4 Å². The molecule has 0 saturated heterocycles. The van der Waals surface area contributed by atoms with Gasteiger partial charge in [0.05, 0.1) is 6.42 Å². The van der Waals surface area contributed by atoms with E-state index >= 15 is 0 Å². The lowest BCUT2D eigenvalue weighted by Crippen LogP contribution is -2.37. The molecule has 0 aliphatic carbocycles. The van der Waals surface area contributed by atoms with E-state index in [0.29, 0.717) is 12.3 Å². The fourth-order valence-corrected chi connectivity index (χ4v) is 1.74. The highest BCUT2D eigenvalue weighted by Gasteiger charge is 2.04. The minimum atomic E-state index is 0.0200. The van der Waals surface area contributed by atoms with Crippen LogP contribution in [-0.2, 0) is 17.6 Å². The van der Waals surface area contributed by atoms with Crippen molar-refractivity contribution in [3.63, 3.8) is 0 Å². The summed E-state index contributed by atoms with van der Waals surface area (Å²) in [5.41, 5.74) is 5.12. The Morgan fingerprint density at radius 2 is 1.71 bits per heavy atom. The number of hydrogen-bond donors (Lipinski definition) is 1. The van der Waals surface area contributed by atoms with Crippen molar-refractivity contribution in [2.24, 2.45) is 5.92 Å². The van der Waals surface area contributed by atoms with Crippen molar-refractivity contribution >= 4 is 5.91 Å². The molecule has 1 N–H and O–H groups in total. The van der Waals surface area contributed by atoms with E-state index in [1.165, 1.54) is 5.56 Å². The van der Waals surface area contributed by atoms with Crippen LogP contribution in [0.1, 0.15) is 25.0 Å². The third kappa shape index (κ3) is 5.50. The van der Waals surface area contributed by atoms with Crippen molar-refractivity contribution < 1.29 is 4.79 Å². The molecule has 0 bridgehead atoms. The Labute approximate surface area is 104 Å². The lowest BCUT2D eigenvalue weighted by atomic mass is 10.0. The van der Waals surface area contributed by atoms with Gasteiger partial charge in [0.25, 0.3) is 0 Å². The standard InChI is InChI=1S/C14H22N2O/c1-11(2)9-12-5-7-13(8-6-12)10-14(17)15-16(3)4/h5-8,11H,9-10H2,1-4H3,(H,15,17). The highest BCUT2D eigenvalue weighted by molar-refractivity contribution is 5.78. The van der Waals surface area contributed by atoms with E-state index in [2.05, 4.69) is 31.4 Å². The first-order valence-electron chi connectivity index (χ1n) is 6.02. The summed E-state index contributed by atoms with van der Waals surface area (Å²) < 4.78 is 0. The van der Waals surface area contributed by atoms with E-state index in [-0.39, 0.29) is 5.91 Å². The average Bonchev–Trinajstić information content (AvgIpc) is 2.18. The molecule has 0 aromatic heterocycles. The zero-order valence-electron chi connectivity index (χ0n) is 11.2. The summed E-state index contributed by atoms with van der Waals surface area (Å²) in [7, 11) is 3.62. The summed E-state index contributed by atoms with van der Waals surface area (Å²) in [5, 5.41) is 1.66. The Morgan fingerprint density at radius 1 is 1.18 bits per heavy atom. The summed E-state index contributed by atoms with van der Waals surface area (Å²) >= 11 is 0. The van der Waals surface area contributed by atoms with Gasteiger partial charge in [-0.1, -0.05) is 38.1 Å². The van der Waals surface area contributed by atoms with Crippen molar-refractivity contribution in [3.8, 4) is 0 Å². The first-order chi connectivity index (χ1) is 7.97. The molecule has 0 aliphatic heterocycles. The first kappa shape index (κ1) is 13.7. The van der Waals surface area contributed by atoms with Gasteiger partial charge in [0, 0.05) is 14.1 Å². The van der Waals surface area contributed by atoms with Crippen LogP contribution in [0.15, 0.2) is 24.3 Å². The van der Waals surface area contributed by atoms with Gasteiger partial charge >= 0.3 is 0 Å². The predicted octanol–water partition coefficient (Wildman–Crippen LogP) is 2.02. The molecule has 3 nitrogen and oxygen atoms in total. The maximum absolute atomic E-state index is 11.5. The monoisotopic (exact) mass is 234 g/mol. The average molecular weight is 234 g/mol. The summed E-state index contributed by atoms with van der Waals surface area (Å²) in [6.45, 7) is 4.41. The van der Waals surface area contributed by atoms with Crippen LogP contribution in [0.5, 0.6) is 0 Å². The van der Waals surface area contributed by atoms with E-state index in [9.17, 15) is 4.79 Å². The fraction of sp³-hybridized carbons (Fsp3) is 0.500. The molecule has 1 amide bonds. The molecule has 17 heavy (non-hydrogen) atoms. The number of carbonyl (C=O) groups is 1. The van der Waals surface area contributed by atoms with Crippen LogP contribution in [0.25, 0.3) is 0 Å². The Bertz CT molecular complexity index is 355. The van der Waals surface area contributed by atoms with Crippen molar-refractivity contribution in [2.45, 2.75) is 26.7 Å². The molecule has 0 radical (unpaired) electrons. The van der Waals surface area contributed by atoms with Gasteiger partial charge in [0.15, 0.2) is 0 Å². The van der Waals surface area contributed by atoms with Crippen molar-refractivity contribution in [1.82, 2.24) is 10.4 Å². The van der Waals surface area contributed by atoms with Gasteiger partial charge in [0.2, 0.25) is 5.91 Å². The zero-order chi connectivity index (χ0) is 12.8. The molecule has 0 fully saturated rings. The molecule has 3 heteroatoms. The first-order valence-corrected chi connectivity index (χ1v) is 6.02. The number of amides is 1. The highest BCUT2D eigenvalue weighted by atomic mass is 16.2. The van der Waals surface area contributed by atoms with Crippen LogP contribution < -0.4 is 5.43 Å². The van der Waals surface area contributed by atoms with Gasteiger partial charge in [0.1, 0.15) is 0 Å². The predicted molar refractivity (Wildman–Crippen MR) is 70.5 cm³/mol. The lowest BCUT2D eigenvalue weighted by Gasteiger charge is -2.12.